The van der Waals surface area contributed by atoms with E-state index < -0.39 is 0 Å². The summed E-state index contributed by atoms with van der Waals surface area (Å²) in [7, 11) is 2.20. The second-order valence-corrected chi connectivity index (χ2v) is 6.61. The molecule has 3 heteroatoms. The highest BCUT2D eigenvalue weighted by molar-refractivity contribution is 5.58. The van der Waals surface area contributed by atoms with Gasteiger partial charge in [0.05, 0.1) is 0 Å². The molecule has 3 rings (SSSR count). The lowest BCUT2D eigenvalue weighted by molar-refractivity contribution is 0.158. The van der Waals surface area contributed by atoms with Crippen LogP contribution in [0.5, 0.6) is 0 Å². The van der Waals surface area contributed by atoms with Crippen LogP contribution in [0.4, 0.5) is 5.69 Å². The fraction of sp³-hybridized carbons (Fsp3) is 0.667. The van der Waals surface area contributed by atoms with E-state index >= 15 is 0 Å². The van der Waals surface area contributed by atoms with Crippen LogP contribution in [0.15, 0.2) is 18.2 Å². The molecule has 0 amide bonds. The third kappa shape index (κ3) is 3.41. The minimum atomic E-state index is 0.717. The number of nitrogens with one attached hydrogen (secondary N) is 1. The predicted octanol–water partition coefficient (Wildman–Crippen LogP) is 2.64. The number of anilines is 1. The number of hydrogen-bond donors (Lipinski definition) is 1. The molecule has 0 aromatic heterocycles. The van der Waals surface area contributed by atoms with Crippen molar-refractivity contribution in [3.63, 3.8) is 0 Å². The number of hydrogen-bond acceptors (Lipinski definition) is 3. The number of nitrogens with zero attached hydrogens (tertiary/aromatic N) is 2. The smallest absolute Gasteiger partial charge is 0.0397 e. The first-order chi connectivity index (χ1) is 10.3. The van der Waals surface area contributed by atoms with E-state index in [4.69, 9.17) is 0 Å². The zero-order valence-corrected chi connectivity index (χ0v) is 13.6. The SMILES string of the molecule is CCCN(Cc1ccc2c(c1)CCN2C)C1CCCNC1. The van der Waals surface area contributed by atoms with Crippen molar-refractivity contribution in [1.29, 1.82) is 0 Å². The highest BCUT2D eigenvalue weighted by Crippen LogP contribution is 2.28. The Bertz CT molecular complexity index is 466. The molecule has 3 nitrogen and oxygen atoms in total. The molecule has 2 aliphatic heterocycles. The van der Waals surface area contributed by atoms with Gasteiger partial charge in [0.1, 0.15) is 0 Å². The molecule has 0 spiro atoms. The van der Waals surface area contributed by atoms with Gasteiger partial charge in [-0.3, -0.25) is 4.90 Å². The Balaban J connectivity index is 1.70. The lowest BCUT2D eigenvalue weighted by Gasteiger charge is -2.34. The molecule has 0 aliphatic carbocycles. The van der Waals surface area contributed by atoms with Crippen molar-refractivity contribution in [3.8, 4) is 0 Å². The van der Waals surface area contributed by atoms with Gasteiger partial charge in [0, 0.05) is 38.4 Å². The molecular formula is C18H29N3. The molecule has 1 unspecified atom stereocenters. The van der Waals surface area contributed by atoms with Gasteiger partial charge < -0.3 is 10.2 Å². The predicted molar refractivity (Wildman–Crippen MR) is 90.0 cm³/mol. The average molecular weight is 287 g/mol. The van der Waals surface area contributed by atoms with Crippen LogP contribution in [0.25, 0.3) is 0 Å². The van der Waals surface area contributed by atoms with Crippen LogP contribution in [0.1, 0.15) is 37.3 Å². The quantitative estimate of drug-likeness (QED) is 0.898. The highest BCUT2D eigenvalue weighted by Gasteiger charge is 2.21. The Kier molecular flexibility index (Phi) is 4.81. The zero-order chi connectivity index (χ0) is 14.7. The summed E-state index contributed by atoms with van der Waals surface area (Å²) in [6.07, 6.45) is 5.11. The molecule has 116 valence electrons. The van der Waals surface area contributed by atoms with Crippen molar-refractivity contribution in [3.05, 3.63) is 29.3 Å². The minimum Gasteiger partial charge on any atom is -0.374 e. The lowest BCUT2D eigenvalue weighted by Crippen LogP contribution is -2.45. The molecule has 1 aromatic carbocycles. The molecule has 0 bridgehead atoms. The number of likely N-dealkylation sites (N-methyl/N-ethyl adjacent to an activating group) is 1. The number of rotatable bonds is 5. The molecule has 1 N–H and O–H groups in total. The third-order valence-corrected chi connectivity index (χ3v) is 4.96. The summed E-state index contributed by atoms with van der Waals surface area (Å²) in [5.41, 5.74) is 4.46. The molecular weight excluding hydrogens is 258 g/mol. The second-order valence-electron chi connectivity index (χ2n) is 6.61. The van der Waals surface area contributed by atoms with Crippen molar-refractivity contribution in [2.24, 2.45) is 0 Å². The normalized spacial score (nSPS) is 21.9. The van der Waals surface area contributed by atoms with Gasteiger partial charge in [-0.25, -0.2) is 0 Å². The van der Waals surface area contributed by atoms with Gasteiger partial charge in [-0.15, -0.1) is 0 Å². The van der Waals surface area contributed by atoms with Crippen LogP contribution in [0.2, 0.25) is 0 Å². The molecule has 1 fully saturated rings. The van der Waals surface area contributed by atoms with Crippen molar-refractivity contribution in [2.45, 2.75) is 45.2 Å². The summed E-state index contributed by atoms with van der Waals surface area (Å²) in [5, 5.41) is 3.56. The fourth-order valence-corrected chi connectivity index (χ4v) is 3.78. The topological polar surface area (TPSA) is 18.5 Å². The fourth-order valence-electron chi connectivity index (χ4n) is 3.78. The van der Waals surface area contributed by atoms with Gasteiger partial charge in [-0.2, -0.15) is 0 Å². The first kappa shape index (κ1) is 14.9. The number of fused-ring (bicyclic) bond motifs is 1. The van der Waals surface area contributed by atoms with Crippen molar-refractivity contribution in [2.75, 3.05) is 38.1 Å². The summed E-state index contributed by atoms with van der Waals surface area (Å²) in [6.45, 7) is 8.14. The Morgan fingerprint density at radius 3 is 3.05 bits per heavy atom. The lowest BCUT2D eigenvalue weighted by atomic mass is 10.0. The molecule has 21 heavy (non-hydrogen) atoms. The van der Waals surface area contributed by atoms with Crippen molar-refractivity contribution in [1.82, 2.24) is 10.2 Å². The van der Waals surface area contributed by atoms with Gasteiger partial charge >= 0.3 is 0 Å². The Morgan fingerprint density at radius 1 is 1.38 bits per heavy atom. The second kappa shape index (κ2) is 6.80. The largest absolute Gasteiger partial charge is 0.374 e. The summed E-state index contributed by atoms with van der Waals surface area (Å²) in [5.74, 6) is 0. The maximum Gasteiger partial charge on any atom is 0.0397 e. The molecule has 0 radical (unpaired) electrons. The van der Waals surface area contributed by atoms with E-state index in [1.807, 2.05) is 0 Å². The molecule has 1 atom stereocenters. The van der Waals surface area contributed by atoms with Crippen LogP contribution in [0.3, 0.4) is 0 Å². The number of benzene rings is 1. The maximum atomic E-state index is 3.56. The van der Waals surface area contributed by atoms with Crippen molar-refractivity contribution >= 4 is 5.69 Å². The summed E-state index contributed by atoms with van der Waals surface area (Å²) < 4.78 is 0. The average Bonchev–Trinajstić information content (AvgIpc) is 2.89. The van der Waals surface area contributed by atoms with Gasteiger partial charge in [-0.1, -0.05) is 19.1 Å². The molecule has 1 saturated heterocycles. The molecule has 1 aromatic rings. The monoisotopic (exact) mass is 287 g/mol. The zero-order valence-electron chi connectivity index (χ0n) is 13.6. The van der Waals surface area contributed by atoms with Crippen molar-refractivity contribution < 1.29 is 0 Å². The van der Waals surface area contributed by atoms with E-state index in [2.05, 4.69) is 47.3 Å². The Morgan fingerprint density at radius 2 is 2.29 bits per heavy atom. The molecule has 0 saturated carbocycles. The van der Waals surface area contributed by atoms with Crippen LogP contribution in [-0.4, -0.2) is 44.2 Å². The van der Waals surface area contributed by atoms with Gasteiger partial charge in [0.15, 0.2) is 0 Å². The highest BCUT2D eigenvalue weighted by atomic mass is 15.2. The number of piperidine rings is 1. The maximum absolute atomic E-state index is 3.56. The van der Waals surface area contributed by atoms with Crippen LogP contribution >= 0.6 is 0 Å². The minimum absolute atomic E-state index is 0.717. The van der Waals surface area contributed by atoms with Crippen LogP contribution in [-0.2, 0) is 13.0 Å². The van der Waals surface area contributed by atoms with E-state index in [1.165, 1.54) is 62.1 Å². The Labute approximate surface area is 129 Å². The first-order valence-corrected chi connectivity index (χ1v) is 8.55. The van der Waals surface area contributed by atoms with Crippen LogP contribution in [0, 0.1) is 0 Å². The van der Waals surface area contributed by atoms with E-state index in [-0.39, 0.29) is 0 Å². The molecule has 2 heterocycles. The van der Waals surface area contributed by atoms with E-state index in [9.17, 15) is 0 Å². The van der Waals surface area contributed by atoms with Gasteiger partial charge in [0.25, 0.3) is 0 Å². The molecule has 2 aliphatic rings. The van der Waals surface area contributed by atoms with Gasteiger partial charge in [0.2, 0.25) is 0 Å². The summed E-state index contributed by atoms with van der Waals surface area (Å²) >= 11 is 0. The van der Waals surface area contributed by atoms with E-state index in [0.29, 0.717) is 0 Å². The third-order valence-electron chi connectivity index (χ3n) is 4.96. The standard InChI is InChI=1S/C18H29N3/c1-3-10-21(17-5-4-9-19-13-17)14-15-6-7-18-16(12-15)8-11-20(18)2/h6-7,12,17,19H,3-5,8-11,13-14H2,1-2H3. The summed E-state index contributed by atoms with van der Waals surface area (Å²) in [6, 6.07) is 7.81. The summed E-state index contributed by atoms with van der Waals surface area (Å²) in [4.78, 5) is 5.06. The van der Waals surface area contributed by atoms with E-state index in [0.717, 1.165) is 19.1 Å². The van der Waals surface area contributed by atoms with Crippen LogP contribution < -0.4 is 10.2 Å². The van der Waals surface area contributed by atoms with E-state index in [1.54, 1.807) is 0 Å². The Hall–Kier alpha value is -1.06. The first-order valence-electron chi connectivity index (χ1n) is 8.55. The van der Waals surface area contributed by atoms with Gasteiger partial charge in [-0.05, 0) is 56.0 Å².